The van der Waals surface area contributed by atoms with Crippen molar-refractivity contribution < 1.29 is 4.79 Å². The summed E-state index contributed by atoms with van der Waals surface area (Å²) in [5, 5.41) is 2.91. The molecule has 1 amide bonds. The van der Waals surface area contributed by atoms with Crippen molar-refractivity contribution in [2.24, 2.45) is 0 Å². The number of aromatic nitrogens is 1. The molecule has 4 nitrogen and oxygen atoms in total. The Labute approximate surface area is 125 Å². The number of hydrogen-bond donors (Lipinski definition) is 2. The van der Waals surface area contributed by atoms with Crippen molar-refractivity contribution in [2.45, 2.75) is 33.6 Å². The Morgan fingerprint density at radius 3 is 2.29 bits per heavy atom. The van der Waals surface area contributed by atoms with Gasteiger partial charge >= 0.3 is 0 Å². The summed E-state index contributed by atoms with van der Waals surface area (Å²) in [4.78, 5) is 16.6. The summed E-state index contributed by atoms with van der Waals surface area (Å²) in [5.41, 5.74) is 10.2. The molecule has 1 heterocycles. The predicted octanol–water partition coefficient (Wildman–Crippen LogP) is 3.66. The highest BCUT2D eigenvalue weighted by atomic mass is 16.1. The number of aryl methyl sites for hydroxylation is 2. The Morgan fingerprint density at radius 1 is 1.10 bits per heavy atom. The molecule has 0 radical (unpaired) electrons. The molecule has 0 saturated heterocycles. The van der Waals surface area contributed by atoms with Crippen LogP contribution in [0, 0.1) is 13.8 Å². The normalized spacial score (nSPS) is 10.7. The molecule has 2 aromatic rings. The number of pyridine rings is 1. The zero-order valence-corrected chi connectivity index (χ0v) is 12.9. The molecule has 3 N–H and O–H groups in total. The van der Waals surface area contributed by atoms with Crippen LogP contribution in [0.1, 0.15) is 46.9 Å². The molecule has 0 spiro atoms. The second-order valence-corrected chi connectivity index (χ2v) is 5.69. The van der Waals surface area contributed by atoms with Crippen LogP contribution in [-0.2, 0) is 0 Å². The maximum absolute atomic E-state index is 12.4. The van der Waals surface area contributed by atoms with E-state index in [9.17, 15) is 4.79 Å². The standard InChI is InChI=1S/C17H21N3O/c1-10(2)15-8-13(9-16(18)20-15)17(21)19-14-6-11(3)5-12(4)7-14/h5-10H,1-4H3,(H2,18,20)(H,19,21). The molecule has 4 heteroatoms. The molecule has 1 aromatic carbocycles. The molecule has 1 aromatic heterocycles. The molecule has 0 fully saturated rings. The van der Waals surface area contributed by atoms with Gasteiger partial charge in [0.2, 0.25) is 0 Å². The van der Waals surface area contributed by atoms with Crippen molar-refractivity contribution in [1.29, 1.82) is 0 Å². The predicted molar refractivity (Wildman–Crippen MR) is 86.6 cm³/mol. The number of hydrogen-bond acceptors (Lipinski definition) is 3. The van der Waals surface area contributed by atoms with Gasteiger partial charge in [-0.1, -0.05) is 19.9 Å². The van der Waals surface area contributed by atoms with Gasteiger partial charge in [0, 0.05) is 16.9 Å². The number of amides is 1. The fraction of sp³-hybridized carbons (Fsp3) is 0.294. The number of nitrogens with one attached hydrogen (secondary N) is 1. The van der Waals surface area contributed by atoms with E-state index in [1.54, 1.807) is 12.1 Å². The minimum Gasteiger partial charge on any atom is -0.384 e. The lowest BCUT2D eigenvalue weighted by molar-refractivity contribution is 0.102. The summed E-state index contributed by atoms with van der Waals surface area (Å²) in [6.07, 6.45) is 0. The van der Waals surface area contributed by atoms with Crippen molar-refractivity contribution in [2.75, 3.05) is 11.1 Å². The fourth-order valence-corrected chi connectivity index (χ4v) is 2.25. The lowest BCUT2D eigenvalue weighted by Crippen LogP contribution is -2.14. The van der Waals surface area contributed by atoms with Gasteiger partial charge in [-0.05, 0) is 55.2 Å². The quantitative estimate of drug-likeness (QED) is 0.903. The summed E-state index contributed by atoms with van der Waals surface area (Å²) in [6, 6.07) is 9.34. The highest BCUT2D eigenvalue weighted by molar-refractivity contribution is 6.04. The number of anilines is 2. The van der Waals surface area contributed by atoms with Gasteiger partial charge in [0.15, 0.2) is 0 Å². The number of nitrogens with zero attached hydrogens (tertiary/aromatic N) is 1. The van der Waals surface area contributed by atoms with E-state index in [0.717, 1.165) is 22.5 Å². The van der Waals surface area contributed by atoms with Gasteiger partial charge in [-0.25, -0.2) is 4.98 Å². The molecule has 0 bridgehead atoms. The highest BCUT2D eigenvalue weighted by Crippen LogP contribution is 2.18. The molecule has 0 aliphatic carbocycles. The monoisotopic (exact) mass is 283 g/mol. The smallest absolute Gasteiger partial charge is 0.255 e. The third-order valence-corrected chi connectivity index (χ3v) is 3.20. The van der Waals surface area contributed by atoms with Crippen molar-refractivity contribution in [3.05, 3.63) is 52.7 Å². The van der Waals surface area contributed by atoms with Gasteiger partial charge < -0.3 is 11.1 Å². The molecule has 0 aliphatic heterocycles. The third-order valence-electron chi connectivity index (χ3n) is 3.20. The number of carbonyl (C=O) groups is 1. The van der Waals surface area contributed by atoms with Gasteiger partial charge in [-0.15, -0.1) is 0 Å². The molecular formula is C17H21N3O. The number of benzene rings is 1. The Balaban J connectivity index is 2.28. The first-order valence-electron chi connectivity index (χ1n) is 7.02. The van der Waals surface area contributed by atoms with E-state index >= 15 is 0 Å². The summed E-state index contributed by atoms with van der Waals surface area (Å²) >= 11 is 0. The Bertz CT molecular complexity index is 657. The fourth-order valence-electron chi connectivity index (χ4n) is 2.25. The molecule has 0 unspecified atom stereocenters. The third kappa shape index (κ3) is 3.81. The average molecular weight is 283 g/mol. The lowest BCUT2D eigenvalue weighted by atomic mass is 10.1. The molecule has 0 saturated carbocycles. The van der Waals surface area contributed by atoms with Crippen LogP contribution in [-0.4, -0.2) is 10.9 Å². The Hall–Kier alpha value is -2.36. The van der Waals surface area contributed by atoms with Crippen molar-refractivity contribution in [1.82, 2.24) is 4.98 Å². The SMILES string of the molecule is Cc1cc(C)cc(NC(=O)c2cc(N)nc(C(C)C)c2)c1. The molecule has 110 valence electrons. The first kappa shape index (κ1) is 15.0. The van der Waals surface area contributed by atoms with E-state index in [1.807, 2.05) is 39.8 Å². The molecule has 0 aliphatic rings. The largest absolute Gasteiger partial charge is 0.384 e. The summed E-state index contributed by atoms with van der Waals surface area (Å²) in [5.74, 6) is 0.420. The zero-order chi connectivity index (χ0) is 15.6. The van der Waals surface area contributed by atoms with Crippen LogP contribution in [0.2, 0.25) is 0 Å². The van der Waals surface area contributed by atoms with E-state index in [4.69, 9.17) is 5.73 Å². The minimum atomic E-state index is -0.170. The minimum absolute atomic E-state index is 0.170. The average Bonchev–Trinajstić information content (AvgIpc) is 2.36. The van der Waals surface area contributed by atoms with Crippen molar-refractivity contribution in [3.8, 4) is 0 Å². The first-order valence-corrected chi connectivity index (χ1v) is 7.02. The van der Waals surface area contributed by atoms with Crippen LogP contribution in [0.15, 0.2) is 30.3 Å². The van der Waals surface area contributed by atoms with Crippen molar-refractivity contribution in [3.63, 3.8) is 0 Å². The van der Waals surface area contributed by atoms with E-state index in [1.165, 1.54) is 0 Å². The lowest BCUT2D eigenvalue weighted by Gasteiger charge is -2.11. The van der Waals surface area contributed by atoms with Crippen LogP contribution in [0.3, 0.4) is 0 Å². The van der Waals surface area contributed by atoms with Crippen LogP contribution in [0.25, 0.3) is 0 Å². The van der Waals surface area contributed by atoms with E-state index in [0.29, 0.717) is 11.4 Å². The van der Waals surface area contributed by atoms with Gasteiger partial charge in [0.1, 0.15) is 5.82 Å². The van der Waals surface area contributed by atoms with Crippen LogP contribution >= 0.6 is 0 Å². The summed E-state index contributed by atoms with van der Waals surface area (Å²) in [7, 11) is 0. The molecular weight excluding hydrogens is 262 g/mol. The summed E-state index contributed by atoms with van der Waals surface area (Å²) < 4.78 is 0. The number of carbonyl (C=O) groups excluding carboxylic acids is 1. The number of rotatable bonds is 3. The molecule has 0 atom stereocenters. The van der Waals surface area contributed by atoms with E-state index in [2.05, 4.69) is 16.4 Å². The van der Waals surface area contributed by atoms with E-state index < -0.39 is 0 Å². The number of nitrogen functional groups attached to an aromatic ring is 1. The van der Waals surface area contributed by atoms with Crippen molar-refractivity contribution >= 4 is 17.4 Å². The van der Waals surface area contributed by atoms with Gasteiger partial charge in [-0.2, -0.15) is 0 Å². The Kier molecular flexibility index (Phi) is 4.26. The maximum atomic E-state index is 12.4. The Morgan fingerprint density at radius 2 is 1.71 bits per heavy atom. The second kappa shape index (κ2) is 5.95. The summed E-state index contributed by atoms with van der Waals surface area (Å²) in [6.45, 7) is 8.05. The number of nitrogens with two attached hydrogens (primary N) is 1. The second-order valence-electron chi connectivity index (χ2n) is 5.69. The van der Waals surface area contributed by atoms with Gasteiger partial charge in [0.05, 0.1) is 0 Å². The van der Waals surface area contributed by atoms with Crippen LogP contribution in [0.4, 0.5) is 11.5 Å². The molecule has 21 heavy (non-hydrogen) atoms. The van der Waals surface area contributed by atoms with Gasteiger partial charge in [-0.3, -0.25) is 4.79 Å². The van der Waals surface area contributed by atoms with Crippen LogP contribution in [0.5, 0.6) is 0 Å². The maximum Gasteiger partial charge on any atom is 0.255 e. The highest BCUT2D eigenvalue weighted by Gasteiger charge is 2.11. The molecule has 2 rings (SSSR count). The topological polar surface area (TPSA) is 68.0 Å². The first-order chi connectivity index (χ1) is 9.85. The van der Waals surface area contributed by atoms with E-state index in [-0.39, 0.29) is 11.8 Å². The van der Waals surface area contributed by atoms with Crippen LogP contribution < -0.4 is 11.1 Å². The van der Waals surface area contributed by atoms with Gasteiger partial charge in [0.25, 0.3) is 5.91 Å². The zero-order valence-electron chi connectivity index (χ0n) is 12.9.